The minimum absolute atomic E-state index is 0.181. The molecule has 1 aromatic carbocycles. The van der Waals surface area contributed by atoms with Gasteiger partial charge in [-0.3, -0.25) is 0 Å². The molecule has 1 unspecified atom stereocenters. The maximum atomic E-state index is 12.0. The Morgan fingerprint density at radius 3 is 2.95 bits per heavy atom. The van der Waals surface area contributed by atoms with Gasteiger partial charge in [0.05, 0.1) is 0 Å². The van der Waals surface area contributed by atoms with E-state index in [1.54, 1.807) is 0 Å². The van der Waals surface area contributed by atoms with Crippen molar-refractivity contribution >= 4 is 6.09 Å². The number of hydrogen-bond donors (Lipinski definition) is 1. The molecule has 1 aliphatic heterocycles. The van der Waals surface area contributed by atoms with Crippen molar-refractivity contribution in [1.29, 1.82) is 0 Å². The Balaban J connectivity index is 1.69. The van der Waals surface area contributed by atoms with E-state index in [0.29, 0.717) is 12.5 Å². The van der Waals surface area contributed by atoms with Crippen LogP contribution in [0.1, 0.15) is 25.3 Å². The second kappa shape index (κ2) is 7.90. The molecule has 1 heterocycles. The topological polar surface area (TPSA) is 41.6 Å². The van der Waals surface area contributed by atoms with Crippen LogP contribution in [0.3, 0.4) is 0 Å². The number of rotatable bonds is 6. The maximum Gasteiger partial charge on any atom is 0.410 e. The van der Waals surface area contributed by atoms with E-state index in [0.717, 1.165) is 44.6 Å². The summed E-state index contributed by atoms with van der Waals surface area (Å²) in [6.45, 7) is 6.17. The van der Waals surface area contributed by atoms with Crippen LogP contribution in [0.25, 0.3) is 0 Å². The van der Waals surface area contributed by atoms with Gasteiger partial charge in [0.15, 0.2) is 0 Å². The van der Waals surface area contributed by atoms with Crippen LogP contribution in [0, 0.1) is 5.92 Å². The number of nitrogens with one attached hydrogen (secondary N) is 1. The molecule has 0 saturated carbocycles. The highest BCUT2D eigenvalue weighted by molar-refractivity contribution is 5.68. The van der Waals surface area contributed by atoms with Crippen molar-refractivity contribution in [2.24, 2.45) is 5.92 Å². The van der Waals surface area contributed by atoms with Crippen LogP contribution in [0.4, 0.5) is 4.79 Å². The average Bonchev–Trinajstić information content (AvgIpc) is 2.95. The third-order valence-corrected chi connectivity index (χ3v) is 3.73. The molecule has 1 N–H and O–H groups in total. The van der Waals surface area contributed by atoms with E-state index in [1.807, 2.05) is 35.2 Å². The molecular weight excluding hydrogens is 252 g/mol. The number of carbonyl (C=O) groups is 1. The molecular formula is C16H24N2O2. The fraction of sp³-hybridized carbons (Fsp3) is 0.562. The van der Waals surface area contributed by atoms with Gasteiger partial charge in [-0.1, -0.05) is 37.3 Å². The maximum absolute atomic E-state index is 12.0. The van der Waals surface area contributed by atoms with Gasteiger partial charge in [-0.15, -0.1) is 0 Å². The Kier molecular flexibility index (Phi) is 5.87. The summed E-state index contributed by atoms with van der Waals surface area (Å²) in [6, 6.07) is 9.80. The van der Waals surface area contributed by atoms with Crippen LogP contribution in [-0.2, 0) is 11.3 Å². The Bertz CT molecular complexity index is 408. The number of hydrogen-bond acceptors (Lipinski definition) is 3. The van der Waals surface area contributed by atoms with Crippen LogP contribution in [-0.4, -0.2) is 37.2 Å². The number of amides is 1. The van der Waals surface area contributed by atoms with E-state index >= 15 is 0 Å². The Morgan fingerprint density at radius 2 is 2.20 bits per heavy atom. The number of ether oxygens (including phenoxy) is 1. The Labute approximate surface area is 121 Å². The van der Waals surface area contributed by atoms with Gasteiger partial charge in [0.1, 0.15) is 6.61 Å². The summed E-state index contributed by atoms with van der Waals surface area (Å²) in [7, 11) is 0. The molecule has 4 heteroatoms. The highest BCUT2D eigenvalue weighted by Gasteiger charge is 2.26. The zero-order valence-electron chi connectivity index (χ0n) is 12.2. The Morgan fingerprint density at radius 1 is 1.40 bits per heavy atom. The molecule has 0 aromatic heterocycles. The van der Waals surface area contributed by atoms with E-state index in [4.69, 9.17) is 4.74 Å². The first kappa shape index (κ1) is 14.9. The lowest BCUT2D eigenvalue weighted by atomic mass is 10.1. The van der Waals surface area contributed by atoms with Crippen molar-refractivity contribution in [2.75, 3.05) is 26.2 Å². The molecule has 1 amide bonds. The minimum Gasteiger partial charge on any atom is -0.445 e. The zero-order valence-corrected chi connectivity index (χ0v) is 12.2. The normalized spacial score (nSPS) is 18.2. The third-order valence-electron chi connectivity index (χ3n) is 3.73. The predicted octanol–water partition coefficient (Wildman–Crippen LogP) is 2.64. The summed E-state index contributed by atoms with van der Waals surface area (Å²) in [6.07, 6.45) is 2.04. The van der Waals surface area contributed by atoms with Gasteiger partial charge in [0.25, 0.3) is 0 Å². The number of carbonyl (C=O) groups excluding carboxylic acids is 1. The van der Waals surface area contributed by atoms with E-state index in [1.165, 1.54) is 0 Å². The van der Waals surface area contributed by atoms with Crippen molar-refractivity contribution in [2.45, 2.75) is 26.4 Å². The lowest BCUT2D eigenvalue weighted by Crippen LogP contribution is -2.29. The molecule has 4 nitrogen and oxygen atoms in total. The fourth-order valence-electron chi connectivity index (χ4n) is 2.53. The summed E-state index contributed by atoms with van der Waals surface area (Å²) in [5.74, 6) is 0.610. The first-order valence-corrected chi connectivity index (χ1v) is 7.46. The molecule has 0 spiro atoms. The zero-order chi connectivity index (χ0) is 14.2. The molecule has 1 aromatic rings. The number of nitrogens with zero attached hydrogens (tertiary/aromatic N) is 1. The van der Waals surface area contributed by atoms with Crippen LogP contribution in [0.2, 0.25) is 0 Å². The molecule has 1 saturated heterocycles. The average molecular weight is 276 g/mol. The molecule has 0 aliphatic carbocycles. The van der Waals surface area contributed by atoms with Gasteiger partial charge in [-0.25, -0.2) is 4.79 Å². The largest absolute Gasteiger partial charge is 0.445 e. The van der Waals surface area contributed by atoms with E-state index < -0.39 is 0 Å². The molecule has 0 bridgehead atoms. The lowest BCUT2D eigenvalue weighted by Gasteiger charge is -2.16. The third kappa shape index (κ3) is 4.53. The van der Waals surface area contributed by atoms with Crippen molar-refractivity contribution in [1.82, 2.24) is 10.2 Å². The molecule has 2 rings (SSSR count). The number of likely N-dealkylation sites (tertiary alicyclic amines) is 1. The smallest absolute Gasteiger partial charge is 0.410 e. The van der Waals surface area contributed by atoms with E-state index in [2.05, 4.69) is 12.2 Å². The van der Waals surface area contributed by atoms with E-state index in [9.17, 15) is 4.79 Å². The van der Waals surface area contributed by atoms with Gasteiger partial charge in [-0.2, -0.15) is 0 Å². The van der Waals surface area contributed by atoms with Crippen LogP contribution in [0.15, 0.2) is 30.3 Å². The van der Waals surface area contributed by atoms with Gasteiger partial charge >= 0.3 is 6.09 Å². The molecule has 0 radical (unpaired) electrons. The van der Waals surface area contributed by atoms with Gasteiger partial charge in [0, 0.05) is 13.1 Å². The van der Waals surface area contributed by atoms with Crippen molar-refractivity contribution in [3.8, 4) is 0 Å². The standard InChI is InChI=1S/C16H24N2O2/c1-2-17-10-8-14-9-11-18(12-14)16(19)20-13-15-6-4-3-5-7-15/h3-7,14,17H,2,8-13H2,1H3. The highest BCUT2D eigenvalue weighted by atomic mass is 16.6. The predicted molar refractivity (Wildman–Crippen MR) is 79.5 cm³/mol. The monoisotopic (exact) mass is 276 g/mol. The molecule has 1 aliphatic rings. The SMILES string of the molecule is CCNCCC1CCN(C(=O)OCc2ccccc2)C1. The van der Waals surface area contributed by atoms with Crippen molar-refractivity contribution in [3.05, 3.63) is 35.9 Å². The molecule has 110 valence electrons. The quantitative estimate of drug-likeness (QED) is 0.812. The fourth-order valence-corrected chi connectivity index (χ4v) is 2.53. The van der Waals surface area contributed by atoms with Crippen LogP contribution >= 0.6 is 0 Å². The van der Waals surface area contributed by atoms with Gasteiger partial charge < -0.3 is 15.0 Å². The van der Waals surface area contributed by atoms with Crippen LogP contribution in [0.5, 0.6) is 0 Å². The van der Waals surface area contributed by atoms with Crippen molar-refractivity contribution < 1.29 is 9.53 Å². The second-order valence-corrected chi connectivity index (χ2v) is 5.28. The summed E-state index contributed by atoms with van der Waals surface area (Å²) >= 11 is 0. The summed E-state index contributed by atoms with van der Waals surface area (Å²) in [5, 5.41) is 3.33. The molecule has 1 fully saturated rings. The second-order valence-electron chi connectivity index (χ2n) is 5.28. The summed E-state index contributed by atoms with van der Waals surface area (Å²) in [5.41, 5.74) is 1.03. The van der Waals surface area contributed by atoms with Crippen LogP contribution < -0.4 is 5.32 Å². The van der Waals surface area contributed by atoms with E-state index in [-0.39, 0.29) is 6.09 Å². The van der Waals surface area contributed by atoms with Gasteiger partial charge in [-0.05, 0) is 37.4 Å². The summed E-state index contributed by atoms with van der Waals surface area (Å²) < 4.78 is 5.36. The lowest BCUT2D eigenvalue weighted by molar-refractivity contribution is 0.103. The Hall–Kier alpha value is -1.55. The minimum atomic E-state index is -0.181. The molecule has 1 atom stereocenters. The number of benzene rings is 1. The summed E-state index contributed by atoms with van der Waals surface area (Å²) in [4.78, 5) is 13.8. The highest BCUT2D eigenvalue weighted by Crippen LogP contribution is 2.20. The van der Waals surface area contributed by atoms with Gasteiger partial charge in [0.2, 0.25) is 0 Å². The first-order valence-electron chi connectivity index (χ1n) is 7.46. The van der Waals surface area contributed by atoms with Crippen molar-refractivity contribution in [3.63, 3.8) is 0 Å². The first-order chi connectivity index (χ1) is 9.79. The molecule has 20 heavy (non-hydrogen) atoms.